The van der Waals surface area contributed by atoms with E-state index in [1.165, 1.54) is 0 Å². The van der Waals surface area contributed by atoms with E-state index in [0.29, 0.717) is 5.02 Å². The number of hydrogen-bond donors (Lipinski definition) is 2. The molecule has 0 aromatic heterocycles. The molecule has 5 nitrogen and oxygen atoms in total. The van der Waals surface area contributed by atoms with Gasteiger partial charge >= 0.3 is 5.97 Å². The number of amides is 1. The van der Waals surface area contributed by atoms with Gasteiger partial charge in [0.05, 0.1) is 6.04 Å². The van der Waals surface area contributed by atoms with Crippen molar-refractivity contribution in [2.45, 2.75) is 13.0 Å². The SMILES string of the molecule is C[C@@H](NC(=O)COCC(=O)O)c1cccc(Cl)c1. The number of nitrogens with one attached hydrogen (secondary N) is 1. The van der Waals surface area contributed by atoms with Crippen LogP contribution < -0.4 is 5.32 Å². The van der Waals surface area contributed by atoms with Crippen LogP contribution in [0.4, 0.5) is 0 Å². The van der Waals surface area contributed by atoms with E-state index in [0.717, 1.165) is 5.56 Å². The van der Waals surface area contributed by atoms with Gasteiger partial charge < -0.3 is 15.2 Å². The Labute approximate surface area is 110 Å². The molecule has 1 aromatic rings. The van der Waals surface area contributed by atoms with Gasteiger partial charge in [-0.2, -0.15) is 0 Å². The molecule has 0 unspecified atom stereocenters. The number of aliphatic carboxylic acids is 1. The second-order valence-corrected chi connectivity index (χ2v) is 4.17. The minimum atomic E-state index is -1.11. The van der Waals surface area contributed by atoms with Crippen molar-refractivity contribution in [3.8, 4) is 0 Å². The highest BCUT2D eigenvalue weighted by Gasteiger charge is 2.10. The van der Waals surface area contributed by atoms with Crippen molar-refractivity contribution >= 4 is 23.5 Å². The van der Waals surface area contributed by atoms with Gasteiger partial charge in [-0.25, -0.2) is 4.79 Å². The molecule has 0 aliphatic heterocycles. The van der Waals surface area contributed by atoms with E-state index in [2.05, 4.69) is 10.1 Å². The molecule has 98 valence electrons. The Kier molecular flexibility index (Phi) is 5.61. The number of rotatable bonds is 6. The molecule has 1 amide bonds. The van der Waals surface area contributed by atoms with E-state index in [9.17, 15) is 9.59 Å². The van der Waals surface area contributed by atoms with Crippen molar-refractivity contribution in [1.29, 1.82) is 0 Å². The largest absolute Gasteiger partial charge is 0.480 e. The zero-order valence-corrected chi connectivity index (χ0v) is 10.6. The first-order valence-electron chi connectivity index (χ1n) is 5.33. The van der Waals surface area contributed by atoms with E-state index in [4.69, 9.17) is 16.7 Å². The molecule has 0 radical (unpaired) electrons. The van der Waals surface area contributed by atoms with E-state index in [-0.39, 0.29) is 18.6 Å². The molecule has 1 aromatic carbocycles. The van der Waals surface area contributed by atoms with E-state index >= 15 is 0 Å². The van der Waals surface area contributed by atoms with Crippen LogP contribution in [-0.4, -0.2) is 30.2 Å². The van der Waals surface area contributed by atoms with Crippen LogP contribution in [0.25, 0.3) is 0 Å². The van der Waals surface area contributed by atoms with Crippen molar-refractivity contribution in [3.05, 3.63) is 34.9 Å². The molecule has 0 aliphatic carbocycles. The molecule has 0 heterocycles. The van der Waals surface area contributed by atoms with Gasteiger partial charge in [-0.15, -0.1) is 0 Å². The summed E-state index contributed by atoms with van der Waals surface area (Å²) in [4.78, 5) is 21.6. The smallest absolute Gasteiger partial charge is 0.329 e. The van der Waals surface area contributed by atoms with E-state index < -0.39 is 12.6 Å². The maximum Gasteiger partial charge on any atom is 0.329 e. The maximum absolute atomic E-state index is 11.4. The molecule has 0 spiro atoms. The summed E-state index contributed by atoms with van der Waals surface area (Å²) in [5, 5.41) is 11.6. The molecule has 1 rings (SSSR count). The standard InChI is InChI=1S/C12H14ClNO4/c1-8(9-3-2-4-10(13)5-9)14-11(15)6-18-7-12(16)17/h2-5,8H,6-7H2,1H3,(H,14,15)(H,16,17)/t8-/m1/s1. The number of halogens is 1. The molecule has 0 aliphatic rings. The van der Waals surface area contributed by atoms with Crippen LogP contribution in [0.3, 0.4) is 0 Å². The Morgan fingerprint density at radius 1 is 1.44 bits per heavy atom. The van der Waals surface area contributed by atoms with Gasteiger partial charge in [0, 0.05) is 5.02 Å². The summed E-state index contributed by atoms with van der Waals surface area (Å²) in [5.74, 6) is -1.48. The van der Waals surface area contributed by atoms with Crippen molar-refractivity contribution in [2.24, 2.45) is 0 Å². The van der Waals surface area contributed by atoms with Gasteiger partial charge in [0.2, 0.25) is 5.91 Å². The van der Waals surface area contributed by atoms with Crippen LogP contribution in [0.5, 0.6) is 0 Å². The number of hydrogen-bond acceptors (Lipinski definition) is 3. The third kappa shape index (κ3) is 5.16. The minimum Gasteiger partial charge on any atom is -0.480 e. The number of ether oxygens (including phenoxy) is 1. The summed E-state index contributed by atoms with van der Waals surface area (Å²) >= 11 is 5.84. The Hall–Kier alpha value is -1.59. The second-order valence-electron chi connectivity index (χ2n) is 3.73. The highest BCUT2D eigenvalue weighted by molar-refractivity contribution is 6.30. The number of carboxylic acids is 1. The van der Waals surface area contributed by atoms with Crippen molar-refractivity contribution in [2.75, 3.05) is 13.2 Å². The lowest BCUT2D eigenvalue weighted by Crippen LogP contribution is -2.30. The number of benzene rings is 1. The topological polar surface area (TPSA) is 75.6 Å². The lowest BCUT2D eigenvalue weighted by molar-refractivity contribution is -0.143. The lowest BCUT2D eigenvalue weighted by Gasteiger charge is -2.14. The summed E-state index contributed by atoms with van der Waals surface area (Å²) in [6, 6.07) is 6.92. The summed E-state index contributed by atoms with van der Waals surface area (Å²) in [6.07, 6.45) is 0. The Morgan fingerprint density at radius 3 is 2.78 bits per heavy atom. The van der Waals surface area contributed by atoms with Crippen molar-refractivity contribution < 1.29 is 19.4 Å². The van der Waals surface area contributed by atoms with Crippen LogP contribution in [0.2, 0.25) is 5.02 Å². The van der Waals surface area contributed by atoms with Gasteiger partial charge in [-0.3, -0.25) is 4.79 Å². The Morgan fingerprint density at radius 2 is 2.17 bits per heavy atom. The quantitative estimate of drug-likeness (QED) is 0.824. The van der Waals surface area contributed by atoms with Crippen LogP contribution in [-0.2, 0) is 14.3 Å². The molecular formula is C12H14ClNO4. The maximum atomic E-state index is 11.4. The second kappa shape index (κ2) is 6.98. The fourth-order valence-electron chi connectivity index (χ4n) is 1.37. The summed E-state index contributed by atoms with van der Waals surface area (Å²) in [5.41, 5.74) is 0.870. The van der Waals surface area contributed by atoms with Gasteiger partial charge in [-0.1, -0.05) is 23.7 Å². The monoisotopic (exact) mass is 271 g/mol. The van der Waals surface area contributed by atoms with Crippen molar-refractivity contribution in [1.82, 2.24) is 5.32 Å². The summed E-state index contributed by atoms with van der Waals surface area (Å²) in [7, 11) is 0. The average molecular weight is 272 g/mol. The summed E-state index contributed by atoms with van der Waals surface area (Å²) < 4.78 is 4.68. The predicted octanol–water partition coefficient (Wildman–Crippen LogP) is 1.62. The molecule has 0 saturated heterocycles. The Bertz CT molecular complexity index is 436. The van der Waals surface area contributed by atoms with E-state index in [1.54, 1.807) is 25.1 Å². The zero-order valence-electron chi connectivity index (χ0n) is 9.85. The van der Waals surface area contributed by atoms with Gasteiger partial charge in [0.15, 0.2) is 0 Å². The minimum absolute atomic E-state index is 0.218. The fraction of sp³-hybridized carbons (Fsp3) is 0.333. The highest BCUT2D eigenvalue weighted by atomic mass is 35.5. The summed E-state index contributed by atoms with van der Waals surface area (Å²) in [6.45, 7) is 1.04. The van der Waals surface area contributed by atoms with Crippen LogP contribution in [0, 0.1) is 0 Å². The third-order valence-corrected chi connectivity index (χ3v) is 2.42. The highest BCUT2D eigenvalue weighted by Crippen LogP contribution is 2.17. The third-order valence-electron chi connectivity index (χ3n) is 2.18. The van der Waals surface area contributed by atoms with Gasteiger partial charge in [0.25, 0.3) is 0 Å². The average Bonchev–Trinajstić information content (AvgIpc) is 2.28. The predicted molar refractivity (Wildman–Crippen MR) is 66.5 cm³/mol. The first-order valence-corrected chi connectivity index (χ1v) is 5.71. The number of carboxylic acid groups (broad SMARTS) is 1. The normalized spacial score (nSPS) is 11.9. The van der Waals surface area contributed by atoms with E-state index in [1.807, 2.05) is 6.07 Å². The zero-order chi connectivity index (χ0) is 13.5. The number of carbonyl (C=O) groups excluding carboxylic acids is 1. The molecule has 0 saturated carbocycles. The van der Waals surface area contributed by atoms with Gasteiger partial charge in [-0.05, 0) is 24.6 Å². The van der Waals surface area contributed by atoms with Crippen LogP contribution in [0.1, 0.15) is 18.5 Å². The van der Waals surface area contributed by atoms with Gasteiger partial charge in [0.1, 0.15) is 13.2 Å². The number of carbonyl (C=O) groups is 2. The molecule has 6 heteroatoms. The molecule has 1 atom stereocenters. The Balaban J connectivity index is 2.42. The molecule has 18 heavy (non-hydrogen) atoms. The molecular weight excluding hydrogens is 258 g/mol. The molecule has 2 N–H and O–H groups in total. The van der Waals surface area contributed by atoms with Crippen LogP contribution >= 0.6 is 11.6 Å². The van der Waals surface area contributed by atoms with Crippen molar-refractivity contribution in [3.63, 3.8) is 0 Å². The fourth-order valence-corrected chi connectivity index (χ4v) is 1.57. The molecule has 0 fully saturated rings. The lowest BCUT2D eigenvalue weighted by atomic mass is 10.1. The van der Waals surface area contributed by atoms with Crippen LogP contribution in [0.15, 0.2) is 24.3 Å². The first-order chi connectivity index (χ1) is 8.49. The first kappa shape index (κ1) is 14.5. The molecule has 0 bridgehead atoms.